The number of hydrogen-bond donors (Lipinski definition) is 3. The number of amides is 1. The summed E-state index contributed by atoms with van der Waals surface area (Å²) in [6.45, 7) is 2.26. The number of carboxylic acids is 1. The molecule has 2 aromatic carbocycles. The molecule has 0 aliphatic carbocycles. The lowest BCUT2D eigenvalue weighted by Gasteiger charge is -2.11. The van der Waals surface area contributed by atoms with Crippen molar-refractivity contribution in [3.63, 3.8) is 0 Å². The van der Waals surface area contributed by atoms with Crippen molar-refractivity contribution in [3.8, 4) is 11.1 Å². The zero-order chi connectivity index (χ0) is 18.4. The van der Waals surface area contributed by atoms with Crippen LogP contribution < -0.4 is 5.32 Å². The average molecular weight is 341 g/mol. The highest BCUT2D eigenvalue weighted by Gasteiger charge is 2.22. The lowest BCUT2D eigenvalue weighted by atomic mass is 9.93. The van der Waals surface area contributed by atoms with Gasteiger partial charge in [-0.15, -0.1) is 0 Å². The molecule has 3 rings (SSSR count). The van der Waals surface area contributed by atoms with Crippen molar-refractivity contribution in [1.29, 1.82) is 0 Å². The third-order valence-electron chi connectivity index (χ3n) is 4.23. The van der Waals surface area contributed by atoms with Gasteiger partial charge in [0.05, 0.1) is 5.56 Å². The lowest BCUT2D eigenvalue weighted by Crippen LogP contribution is -2.13. The highest BCUT2D eigenvalue weighted by molar-refractivity contribution is 5.92. The third-order valence-corrected chi connectivity index (χ3v) is 4.23. The summed E-state index contributed by atoms with van der Waals surface area (Å²) < 4.78 is 0. The Hall–Kier alpha value is -3.15. The van der Waals surface area contributed by atoms with E-state index < -0.39 is 5.97 Å². The molecule has 0 bridgehead atoms. The molecule has 1 unspecified atom stereocenters. The molecule has 1 fully saturated rings. The van der Waals surface area contributed by atoms with Crippen LogP contribution in [0.5, 0.6) is 0 Å². The quantitative estimate of drug-likeness (QED) is 0.745. The topological polar surface area (TPSA) is 104 Å². The van der Waals surface area contributed by atoms with Crippen molar-refractivity contribution in [2.75, 3.05) is 6.54 Å². The van der Waals surface area contributed by atoms with Crippen LogP contribution in [-0.2, 0) is 9.59 Å². The second kappa shape index (κ2) is 8.10. The van der Waals surface area contributed by atoms with Gasteiger partial charge in [-0.3, -0.25) is 9.59 Å². The number of benzene rings is 2. The Bertz CT molecular complexity index is 783. The van der Waals surface area contributed by atoms with E-state index in [2.05, 4.69) is 5.32 Å². The summed E-state index contributed by atoms with van der Waals surface area (Å²) in [6, 6.07) is 13.3. The minimum absolute atomic E-state index is 0.0964. The van der Waals surface area contributed by atoms with Gasteiger partial charge in [0.1, 0.15) is 0 Å². The largest absolute Gasteiger partial charge is 0.483 e. The van der Waals surface area contributed by atoms with Crippen LogP contribution in [0.2, 0.25) is 0 Å². The molecule has 0 aromatic heterocycles. The summed E-state index contributed by atoms with van der Waals surface area (Å²) in [4.78, 5) is 30.9. The van der Waals surface area contributed by atoms with Crippen LogP contribution in [0, 0.1) is 6.92 Å². The van der Waals surface area contributed by atoms with Gasteiger partial charge >= 0.3 is 5.97 Å². The molecular formula is C19H19NO5. The molecule has 0 radical (unpaired) electrons. The Balaban J connectivity index is 0.000000701. The van der Waals surface area contributed by atoms with Crippen molar-refractivity contribution >= 4 is 18.3 Å². The Labute approximate surface area is 145 Å². The maximum absolute atomic E-state index is 11.3. The molecule has 1 aliphatic heterocycles. The summed E-state index contributed by atoms with van der Waals surface area (Å²) >= 11 is 0. The molecule has 130 valence electrons. The number of hydrogen-bond acceptors (Lipinski definition) is 3. The standard InChI is InChI=1S/C18H17NO3.CH2O2/c1-11-15(3-2-4-16(11)18(21)22)13-7-5-12(6-8-13)14-9-17(20)19-10-14;2-1-3/h2-8,14H,9-10H2,1H3,(H,19,20)(H,21,22);1H,(H,2,3). The first kappa shape index (κ1) is 18.2. The predicted molar refractivity (Wildman–Crippen MR) is 92.6 cm³/mol. The van der Waals surface area contributed by atoms with E-state index in [0.29, 0.717) is 18.5 Å². The summed E-state index contributed by atoms with van der Waals surface area (Å²) in [5, 5.41) is 18.9. The lowest BCUT2D eigenvalue weighted by molar-refractivity contribution is -0.123. The Kier molecular flexibility index (Phi) is 5.89. The average Bonchev–Trinajstić information content (AvgIpc) is 3.02. The zero-order valence-corrected chi connectivity index (χ0v) is 13.7. The first-order valence-corrected chi connectivity index (χ1v) is 7.75. The van der Waals surface area contributed by atoms with E-state index in [-0.39, 0.29) is 18.3 Å². The van der Waals surface area contributed by atoms with Crippen molar-refractivity contribution in [2.24, 2.45) is 0 Å². The van der Waals surface area contributed by atoms with Gasteiger partial charge in [-0.05, 0) is 35.2 Å². The molecule has 1 atom stereocenters. The number of nitrogens with one attached hydrogen (secondary N) is 1. The molecule has 2 aromatic rings. The first-order valence-electron chi connectivity index (χ1n) is 7.75. The fourth-order valence-electron chi connectivity index (χ4n) is 2.96. The van der Waals surface area contributed by atoms with Crippen LogP contribution in [0.1, 0.15) is 33.8 Å². The van der Waals surface area contributed by atoms with Crippen LogP contribution >= 0.6 is 0 Å². The fourth-order valence-corrected chi connectivity index (χ4v) is 2.96. The van der Waals surface area contributed by atoms with E-state index in [1.54, 1.807) is 12.1 Å². The van der Waals surface area contributed by atoms with Gasteiger partial charge in [-0.25, -0.2) is 4.79 Å². The molecule has 6 nitrogen and oxygen atoms in total. The molecule has 0 spiro atoms. The van der Waals surface area contributed by atoms with E-state index in [1.807, 2.05) is 37.3 Å². The second-order valence-electron chi connectivity index (χ2n) is 5.72. The van der Waals surface area contributed by atoms with Crippen LogP contribution in [-0.4, -0.2) is 35.1 Å². The second-order valence-corrected chi connectivity index (χ2v) is 5.72. The van der Waals surface area contributed by atoms with Crippen LogP contribution in [0.4, 0.5) is 0 Å². The minimum Gasteiger partial charge on any atom is -0.483 e. The number of rotatable bonds is 3. The van der Waals surface area contributed by atoms with Crippen molar-refractivity contribution in [3.05, 3.63) is 59.2 Å². The molecule has 6 heteroatoms. The third kappa shape index (κ3) is 4.23. The Morgan fingerprint density at radius 2 is 1.84 bits per heavy atom. The van der Waals surface area contributed by atoms with Gasteiger partial charge in [-0.1, -0.05) is 36.4 Å². The molecule has 1 heterocycles. The van der Waals surface area contributed by atoms with Gasteiger partial charge in [0.15, 0.2) is 0 Å². The summed E-state index contributed by atoms with van der Waals surface area (Å²) in [6.07, 6.45) is 0.535. The van der Waals surface area contributed by atoms with Crippen molar-refractivity contribution in [1.82, 2.24) is 5.32 Å². The summed E-state index contributed by atoms with van der Waals surface area (Å²) in [5.74, 6) is -0.585. The van der Waals surface area contributed by atoms with E-state index in [4.69, 9.17) is 9.90 Å². The predicted octanol–water partition coefficient (Wildman–Crippen LogP) is 2.66. The van der Waals surface area contributed by atoms with Gasteiger partial charge in [-0.2, -0.15) is 0 Å². The number of carbonyl (C=O) groups excluding carboxylic acids is 1. The smallest absolute Gasteiger partial charge is 0.335 e. The van der Waals surface area contributed by atoms with Crippen LogP contribution in [0.15, 0.2) is 42.5 Å². The summed E-state index contributed by atoms with van der Waals surface area (Å²) in [7, 11) is 0. The van der Waals surface area contributed by atoms with Gasteiger partial charge in [0, 0.05) is 18.9 Å². The van der Waals surface area contributed by atoms with Gasteiger partial charge < -0.3 is 15.5 Å². The number of aromatic carboxylic acids is 1. The maximum atomic E-state index is 11.3. The number of carbonyl (C=O) groups is 3. The first-order chi connectivity index (χ1) is 12.0. The molecule has 1 aliphatic rings. The fraction of sp³-hybridized carbons (Fsp3) is 0.211. The monoisotopic (exact) mass is 341 g/mol. The minimum atomic E-state index is -0.911. The van der Waals surface area contributed by atoms with E-state index in [9.17, 15) is 14.7 Å². The molecule has 1 amide bonds. The highest BCUT2D eigenvalue weighted by atomic mass is 16.4. The SMILES string of the molecule is Cc1c(C(=O)O)cccc1-c1ccc(C2CNC(=O)C2)cc1.O=CO. The number of carboxylic acid groups (broad SMARTS) is 2. The molecular weight excluding hydrogens is 322 g/mol. The highest BCUT2D eigenvalue weighted by Crippen LogP contribution is 2.29. The van der Waals surface area contributed by atoms with Crippen molar-refractivity contribution < 1.29 is 24.6 Å². The van der Waals surface area contributed by atoms with Gasteiger partial charge in [0.2, 0.25) is 5.91 Å². The van der Waals surface area contributed by atoms with Gasteiger partial charge in [0.25, 0.3) is 6.47 Å². The van der Waals surface area contributed by atoms with E-state index >= 15 is 0 Å². The Morgan fingerprint density at radius 1 is 1.20 bits per heavy atom. The van der Waals surface area contributed by atoms with Crippen LogP contribution in [0.25, 0.3) is 11.1 Å². The zero-order valence-electron chi connectivity index (χ0n) is 13.7. The Morgan fingerprint density at radius 3 is 2.36 bits per heavy atom. The molecule has 25 heavy (non-hydrogen) atoms. The molecule has 3 N–H and O–H groups in total. The van der Waals surface area contributed by atoms with E-state index in [0.717, 1.165) is 22.3 Å². The van der Waals surface area contributed by atoms with Crippen molar-refractivity contribution in [2.45, 2.75) is 19.3 Å². The summed E-state index contributed by atoms with van der Waals surface area (Å²) in [5.41, 5.74) is 4.13. The molecule has 0 saturated carbocycles. The maximum Gasteiger partial charge on any atom is 0.335 e. The molecule has 1 saturated heterocycles. The normalized spacial score (nSPS) is 15.7. The van der Waals surface area contributed by atoms with E-state index in [1.165, 1.54) is 0 Å². The van der Waals surface area contributed by atoms with Crippen LogP contribution in [0.3, 0.4) is 0 Å².